The van der Waals surface area contributed by atoms with Gasteiger partial charge in [-0.05, 0) is 18.9 Å². The molecule has 0 unspecified atom stereocenters. The Morgan fingerprint density at radius 1 is 1.30 bits per heavy atom. The molecule has 0 fully saturated rings. The SMILES string of the molecule is CCCCn1nnc(C(=O)OCc2ccccc2)c1C. The first-order valence-electron chi connectivity index (χ1n) is 6.83. The predicted molar refractivity (Wildman–Crippen MR) is 75.2 cm³/mol. The van der Waals surface area contributed by atoms with Crippen molar-refractivity contribution in [2.45, 2.75) is 39.8 Å². The number of aromatic nitrogens is 3. The molecule has 20 heavy (non-hydrogen) atoms. The molecule has 0 atom stereocenters. The van der Waals surface area contributed by atoms with Crippen LogP contribution in [0.2, 0.25) is 0 Å². The third-order valence-corrected chi connectivity index (χ3v) is 3.11. The Labute approximate surface area is 118 Å². The Morgan fingerprint density at radius 2 is 2.05 bits per heavy atom. The van der Waals surface area contributed by atoms with Crippen LogP contribution in [0.5, 0.6) is 0 Å². The van der Waals surface area contributed by atoms with Gasteiger partial charge in [0.25, 0.3) is 0 Å². The molecule has 0 amide bonds. The average Bonchev–Trinajstić information content (AvgIpc) is 2.85. The second-order valence-electron chi connectivity index (χ2n) is 4.66. The number of rotatable bonds is 6. The molecule has 2 rings (SSSR count). The zero-order valence-corrected chi connectivity index (χ0v) is 11.9. The Hall–Kier alpha value is -2.17. The molecule has 1 heterocycles. The van der Waals surface area contributed by atoms with E-state index in [-0.39, 0.29) is 6.61 Å². The van der Waals surface area contributed by atoms with Gasteiger partial charge in [0.05, 0.1) is 5.69 Å². The third kappa shape index (κ3) is 3.44. The quantitative estimate of drug-likeness (QED) is 0.759. The van der Waals surface area contributed by atoms with E-state index in [0.29, 0.717) is 5.69 Å². The molecule has 1 aromatic heterocycles. The van der Waals surface area contributed by atoms with Crippen LogP contribution in [0.25, 0.3) is 0 Å². The van der Waals surface area contributed by atoms with Crippen LogP contribution in [-0.4, -0.2) is 21.0 Å². The number of nitrogens with zero attached hydrogens (tertiary/aromatic N) is 3. The minimum atomic E-state index is -0.422. The minimum absolute atomic E-state index is 0.251. The van der Waals surface area contributed by atoms with E-state index in [1.54, 1.807) is 4.68 Å². The van der Waals surface area contributed by atoms with Gasteiger partial charge in [-0.2, -0.15) is 0 Å². The van der Waals surface area contributed by atoms with E-state index in [1.807, 2.05) is 37.3 Å². The maximum Gasteiger partial charge on any atom is 0.361 e. The number of unbranched alkanes of at least 4 members (excludes halogenated alkanes) is 1. The molecule has 2 aromatic rings. The van der Waals surface area contributed by atoms with Gasteiger partial charge in [0.15, 0.2) is 5.69 Å². The predicted octanol–water partition coefficient (Wildman–Crippen LogP) is 2.74. The number of aryl methyl sites for hydroxylation is 1. The normalized spacial score (nSPS) is 10.5. The van der Waals surface area contributed by atoms with Crippen molar-refractivity contribution in [1.29, 1.82) is 0 Å². The molecule has 0 spiro atoms. The van der Waals surface area contributed by atoms with Crippen molar-refractivity contribution in [3.8, 4) is 0 Å². The Morgan fingerprint density at radius 3 is 2.75 bits per heavy atom. The summed E-state index contributed by atoms with van der Waals surface area (Å²) in [6.45, 7) is 4.98. The van der Waals surface area contributed by atoms with Gasteiger partial charge in [0, 0.05) is 6.54 Å². The van der Waals surface area contributed by atoms with E-state index in [2.05, 4.69) is 17.2 Å². The highest BCUT2D eigenvalue weighted by molar-refractivity contribution is 5.88. The fraction of sp³-hybridized carbons (Fsp3) is 0.400. The van der Waals surface area contributed by atoms with Gasteiger partial charge in [-0.3, -0.25) is 0 Å². The molecular formula is C15H19N3O2. The summed E-state index contributed by atoms with van der Waals surface area (Å²) >= 11 is 0. The molecular weight excluding hydrogens is 254 g/mol. The smallest absolute Gasteiger partial charge is 0.361 e. The van der Waals surface area contributed by atoms with Crippen LogP contribution in [0.1, 0.15) is 41.5 Å². The van der Waals surface area contributed by atoms with Crippen molar-refractivity contribution in [2.75, 3.05) is 0 Å². The summed E-state index contributed by atoms with van der Waals surface area (Å²) in [6.07, 6.45) is 2.09. The number of carbonyl (C=O) groups excluding carboxylic acids is 1. The fourth-order valence-corrected chi connectivity index (χ4v) is 1.86. The molecule has 106 valence electrons. The summed E-state index contributed by atoms with van der Waals surface area (Å²) in [7, 11) is 0. The van der Waals surface area contributed by atoms with Crippen LogP contribution >= 0.6 is 0 Å². The molecule has 0 bridgehead atoms. The van der Waals surface area contributed by atoms with Crippen LogP contribution in [0, 0.1) is 6.92 Å². The van der Waals surface area contributed by atoms with Gasteiger partial charge in [-0.15, -0.1) is 5.10 Å². The second-order valence-corrected chi connectivity index (χ2v) is 4.66. The van der Waals surface area contributed by atoms with Crippen LogP contribution in [0.15, 0.2) is 30.3 Å². The van der Waals surface area contributed by atoms with Crippen molar-refractivity contribution < 1.29 is 9.53 Å². The van der Waals surface area contributed by atoms with Crippen LogP contribution < -0.4 is 0 Å². The molecule has 5 heteroatoms. The monoisotopic (exact) mass is 273 g/mol. The van der Waals surface area contributed by atoms with Gasteiger partial charge < -0.3 is 4.74 Å². The van der Waals surface area contributed by atoms with Crippen molar-refractivity contribution in [3.63, 3.8) is 0 Å². The van der Waals surface area contributed by atoms with Crippen molar-refractivity contribution in [3.05, 3.63) is 47.3 Å². The maximum absolute atomic E-state index is 12.0. The van der Waals surface area contributed by atoms with Gasteiger partial charge in [0.2, 0.25) is 0 Å². The van der Waals surface area contributed by atoms with Crippen LogP contribution in [0.3, 0.4) is 0 Å². The lowest BCUT2D eigenvalue weighted by atomic mass is 10.2. The number of benzene rings is 1. The summed E-state index contributed by atoms with van der Waals surface area (Å²) < 4.78 is 7.01. The largest absolute Gasteiger partial charge is 0.456 e. The third-order valence-electron chi connectivity index (χ3n) is 3.11. The number of carbonyl (C=O) groups is 1. The number of esters is 1. The Bertz CT molecular complexity index is 564. The van der Waals surface area contributed by atoms with Gasteiger partial charge in [-0.25, -0.2) is 9.48 Å². The highest BCUT2D eigenvalue weighted by Gasteiger charge is 2.17. The Kier molecular flexibility index (Phi) is 4.87. The molecule has 0 radical (unpaired) electrons. The molecule has 0 aliphatic heterocycles. The Balaban J connectivity index is 1.97. The van der Waals surface area contributed by atoms with E-state index >= 15 is 0 Å². The van der Waals surface area contributed by atoms with Crippen LogP contribution in [0.4, 0.5) is 0 Å². The molecule has 1 aromatic carbocycles. The van der Waals surface area contributed by atoms with Crippen molar-refractivity contribution in [1.82, 2.24) is 15.0 Å². The van der Waals surface area contributed by atoms with E-state index in [1.165, 1.54) is 0 Å². The molecule has 0 saturated heterocycles. The van der Waals surface area contributed by atoms with E-state index < -0.39 is 5.97 Å². The molecule has 0 saturated carbocycles. The standard InChI is InChI=1S/C15H19N3O2/c1-3-4-10-18-12(2)14(16-17-18)15(19)20-11-13-8-6-5-7-9-13/h5-9H,3-4,10-11H2,1-2H3. The van der Waals surface area contributed by atoms with Crippen LogP contribution in [-0.2, 0) is 17.9 Å². The topological polar surface area (TPSA) is 57.0 Å². The maximum atomic E-state index is 12.0. The average molecular weight is 273 g/mol. The second kappa shape index (κ2) is 6.84. The van der Waals surface area contributed by atoms with E-state index in [4.69, 9.17) is 4.74 Å². The highest BCUT2D eigenvalue weighted by atomic mass is 16.5. The molecule has 0 aliphatic carbocycles. The lowest BCUT2D eigenvalue weighted by Gasteiger charge is -2.04. The summed E-state index contributed by atoms with van der Waals surface area (Å²) in [5.74, 6) is -0.422. The number of hydrogen-bond acceptors (Lipinski definition) is 4. The van der Waals surface area contributed by atoms with Gasteiger partial charge >= 0.3 is 5.97 Å². The molecule has 0 N–H and O–H groups in total. The first-order chi connectivity index (χ1) is 9.72. The van der Waals surface area contributed by atoms with E-state index in [9.17, 15) is 4.79 Å². The van der Waals surface area contributed by atoms with Gasteiger partial charge in [-0.1, -0.05) is 48.9 Å². The van der Waals surface area contributed by atoms with Crippen molar-refractivity contribution in [2.24, 2.45) is 0 Å². The summed E-state index contributed by atoms with van der Waals surface area (Å²) in [5.41, 5.74) is 2.02. The van der Waals surface area contributed by atoms with E-state index in [0.717, 1.165) is 30.6 Å². The summed E-state index contributed by atoms with van der Waals surface area (Å²) in [6, 6.07) is 9.58. The molecule has 5 nitrogen and oxygen atoms in total. The zero-order chi connectivity index (χ0) is 14.4. The molecule has 0 aliphatic rings. The highest BCUT2D eigenvalue weighted by Crippen LogP contribution is 2.09. The number of hydrogen-bond donors (Lipinski definition) is 0. The first-order valence-corrected chi connectivity index (χ1v) is 6.83. The lowest BCUT2D eigenvalue weighted by Crippen LogP contribution is -2.09. The minimum Gasteiger partial charge on any atom is -0.456 e. The zero-order valence-electron chi connectivity index (χ0n) is 11.9. The number of ether oxygens (including phenoxy) is 1. The summed E-state index contributed by atoms with van der Waals surface area (Å²) in [4.78, 5) is 12.0. The van der Waals surface area contributed by atoms with Gasteiger partial charge in [0.1, 0.15) is 6.61 Å². The lowest BCUT2D eigenvalue weighted by molar-refractivity contribution is 0.0464. The first kappa shape index (κ1) is 14.2. The van der Waals surface area contributed by atoms with Crippen molar-refractivity contribution >= 4 is 5.97 Å². The fourth-order valence-electron chi connectivity index (χ4n) is 1.86. The summed E-state index contributed by atoms with van der Waals surface area (Å²) in [5, 5.41) is 7.91.